The Kier molecular flexibility index (Phi) is 4.25. The molecule has 0 amide bonds. The van der Waals surface area contributed by atoms with Crippen LogP contribution in [0.1, 0.15) is 44.7 Å². The van der Waals surface area contributed by atoms with Gasteiger partial charge in [-0.05, 0) is 30.4 Å². The fraction of sp³-hybridized carbons (Fsp3) is 0.562. The van der Waals surface area contributed by atoms with E-state index in [-0.39, 0.29) is 17.9 Å². The molecule has 2 rings (SSSR count). The molecule has 1 heterocycles. The molecule has 0 radical (unpaired) electrons. The van der Waals surface area contributed by atoms with Gasteiger partial charge in [0.2, 0.25) is 0 Å². The van der Waals surface area contributed by atoms with Gasteiger partial charge in [0.25, 0.3) is 0 Å². The molecule has 0 saturated carbocycles. The van der Waals surface area contributed by atoms with Gasteiger partial charge in [-0.1, -0.05) is 44.2 Å². The molecule has 3 heteroatoms. The summed E-state index contributed by atoms with van der Waals surface area (Å²) in [4.78, 5) is 13.5. The highest BCUT2D eigenvalue weighted by molar-refractivity contribution is 5.68. The predicted molar refractivity (Wildman–Crippen MR) is 76.0 cm³/mol. The van der Waals surface area contributed by atoms with Crippen molar-refractivity contribution in [3.63, 3.8) is 0 Å². The van der Waals surface area contributed by atoms with E-state index in [2.05, 4.69) is 18.7 Å². The molecule has 0 spiro atoms. The molecule has 19 heavy (non-hydrogen) atoms. The summed E-state index contributed by atoms with van der Waals surface area (Å²) < 4.78 is 0. The normalized spacial score (nSPS) is 20.9. The molecule has 1 aliphatic rings. The molecule has 1 atom stereocenters. The van der Waals surface area contributed by atoms with Gasteiger partial charge in [-0.3, -0.25) is 9.69 Å². The fourth-order valence-electron chi connectivity index (χ4n) is 3.03. The smallest absolute Gasteiger partial charge is 0.305 e. The lowest BCUT2D eigenvalue weighted by atomic mass is 9.83. The minimum atomic E-state index is -0.725. The summed E-state index contributed by atoms with van der Waals surface area (Å²) in [6, 6.07) is 10.0. The zero-order chi connectivity index (χ0) is 13.9. The van der Waals surface area contributed by atoms with E-state index in [1.54, 1.807) is 0 Å². The summed E-state index contributed by atoms with van der Waals surface area (Å²) in [6.07, 6.45) is 2.55. The van der Waals surface area contributed by atoms with E-state index in [9.17, 15) is 9.90 Å². The summed E-state index contributed by atoms with van der Waals surface area (Å²) in [5.74, 6) is -0.725. The molecule has 1 aromatic carbocycles. The van der Waals surface area contributed by atoms with Crippen molar-refractivity contribution in [2.75, 3.05) is 13.1 Å². The topological polar surface area (TPSA) is 40.5 Å². The van der Waals surface area contributed by atoms with Crippen LogP contribution in [0.2, 0.25) is 0 Å². The molecular weight excluding hydrogens is 238 g/mol. The van der Waals surface area contributed by atoms with Crippen molar-refractivity contribution in [2.24, 2.45) is 5.41 Å². The second-order valence-corrected chi connectivity index (χ2v) is 6.26. The van der Waals surface area contributed by atoms with Crippen LogP contribution in [0.15, 0.2) is 30.3 Å². The third-order valence-electron chi connectivity index (χ3n) is 3.92. The monoisotopic (exact) mass is 261 g/mol. The van der Waals surface area contributed by atoms with Crippen LogP contribution in [0, 0.1) is 5.41 Å². The number of hydrogen-bond donors (Lipinski definition) is 1. The summed E-state index contributed by atoms with van der Waals surface area (Å²) in [7, 11) is 0. The number of hydrogen-bond acceptors (Lipinski definition) is 2. The van der Waals surface area contributed by atoms with Gasteiger partial charge in [0.05, 0.1) is 6.42 Å². The zero-order valence-corrected chi connectivity index (χ0v) is 11.8. The minimum Gasteiger partial charge on any atom is -0.481 e. The number of rotatable bonds is 4. The highest BCUT2D eigenvalue weighted by Gasteiger charge is 2.32. The fourth-order valence-corrected chi connectivity index (χ4v) is 3.03. The lowest BCUT2D eigenvalue weighted by molar-refractivity contribution is -0.138. The minimum absolute atomic E-state index is 0.00160. The van der Waals surface area contributed by atoms with E-state index < -0.39 is 5.97 Å². The maximum atomic E-state index is 11.2. The number of aliphatic carboxylic acids is 1. The average Bonchev–Trinajstić information content (AvgIpc) is 2.35. The quantitative estimate of drug-likeness (QED) is 0.903. The third kappa shape index (κ3) is 3.80. The van der Waals surface area contributed by atoms with E-state index >= 15 is 0 Å². The maximum absolute atomic E-state index is 11.2. The van der Waals surface area contributed by atoms with Crippen molar-refractivity contribution in [3.8, 4) is 0 Å². The Bertz CT molecular complexity index is 428. The standard InChI is InChI=1S/C16H23NO2/c1-16(2)9-6-10-17(12-16)14(11-15(18)19)13-7-4-3-5-8-13/h3-5,7-8,14H,6,9-12H2,1-2H3,(H,18,19). The van der Waals surface area contributed by atoms with Crippen molar-refractivity contribution in [2.45, 2.75) is 39.2 Å². The van der Waals surface area contributed by atoms with Gasteiger partial charge < -0.3 is 5.11 Å². The number of nitrogens with zero attached hydrogens (tertiary/aromatic N) is 1. The number of piperidine rings is 1. The Morgan fingerprint density at radius 3 is 2.63 bits per heavy atom. The van der Waals surface area contributed by atoms with Gasteiger partial charge in [-0.2, -0.15) is 0 Å². The molecule has 0 bridgehead atoms. The summed E-state index contributed by atoms with van der Waals surface area (Å²) in [5, 5.41) is 9.18. The van der Waals surface area contributed by atoms with Crippen LogP contribution in [0.5, 0.6) is 0 Å². The summed E-state index contributed by atoms with van der Waals surface area (Å²) >= 11 is 0. The lowest BCUT2D eigenvalue weighted by Gasteiger charge is -2.42. The number of carbonyl (C=O) groups is 1. The molecule has 3 nitrogen and oxygen atoms in total. The van der Waals surface area contributed by atoms with Crippen molar-refractivity contribution < 1.29 is 9.90 Å². The molecule has 1 N–H and O–H groups in total. The average molecular weight is 261 g/mol. The Balaban J connectivity index is 2.20. The lowest BCUT2D eigenvalue weighted by Crippen LogP contribution is -2.42. The molecule has 0 aliphatic carbocycles. The number of benzene rings is 1. The predicted octanol–water partition coefficient (Wildman–Crippen LogP) is 3.32. The van der Waals surface area contributed by atoms with Crippen LogP contribution in [0.25, 0.3) is 0 Å². The number of carboxylic acids is 1. The van der Waals surface area contributed by atoms with Gasteiger partial charge in [-0.15, -0.1) is 0 Å². The molecular formula is C16H23NO2. The van der Waals surface area contributed by atoms with Gasteiger partial charge in [0.1, 0.15) is 0 Å². The second-order valence-electron chi connectivity index (χ2n) is 6.26. The summed E-state index contributed by atoms with van der Waals surface area (Å²) in [6.45, 7) is 6.50. The van der Waals surface area contributed by atoms with E-state index in [0.717, 1.165) is 25.1 Å². The zero-order valence-electron chi connectivity index (χ0n) is 11.8. The largest absolute Gasteiger partial charge is 0.481 e. The van der Waals surface area contributed by atoms with Crippen molar-refractivity contribution in [1.82, 2.24) is 4.90 Å². The first-order chi connectivity index (χ1) is 8.98. The number of likely N-dealkylation sites (tertiary alicyclic amines) is 1. The first kappa shape index (κ1) is 14.1. The molecule has 1 fully saturated rings. The van der Waals surface area contributed by atoms with E-state index in [1.165, 1.54) is 6.42 Å². The molecule has 0 aromatic heterocycles. The number of carboxylic acid groups (broad SMARTS) is 1. The molecule has 1 aliphatic heterocycles. The first-order valence-electron chi connectivity index (χ1n) is 6.99. The Hall–Kier alpha value is -1.35. The van der Waals surface area contributed by atoms with Crippen LogP contribution < -0.4 is 0 Å². The van der Waals surface area contributed by atoms with Crippen molar-refractivity contribution >= 4 is 5.97 Å². The van der Waals surface area contributed by atoms with Crippen LogP contribution in [0.4, 0.5) is 0 Å². The van der Waals surface area contributed by atoms with Gasteiger partial charge >= 0.3 is 5.97 Å². The van der Waals surface area contributed by atoms with Gasteiger partial charge in [0.15, 0.2) is 0 Å². The summed E-state index contributed by atoms with van der Waals surface area (Å²) in [5.41, 5.74) is 1.40. The molecule has 1 unspecified atom stereocenters. The SMILES string of the molecule is CC1(C)CCCN(C(CC(=O)O)c2ccccc2)C1. The Morgan fingerprint density at radius 1 is 1.37 bits per heavy atom. The third-order valence-corrected chi connectivity index (χ3v) is 3.92. The highest BCUT2D eigenvalue weighted by atomic mass is 16.4. The van der Waals surface area contributed by atoms with E-state index in [4.69, 9.17) is 0 Å². The molecule has 1 saturated heterocycles. The Morgan fingerprint density at radius 2 is 2.05 bits per heavy atom. The first-order valence-corrected chi connectivity index (χ1v) is 6.99. The van der Waals surface area contributed by atoms with Crippen LogP contribution >= 0.6 is 0 Å². The maximum Gasteiger partial charge on any atom is 0.305 e. The Labute approximate surface area is 115 Å². The van der Waals surface area contributed by atoms with Crippen LogP contribution in [-0.2, 0) is 4.79 Å². The molecule has 1 aromatic rings. The highest BCUT2D eigenvalue weighted by Crippen LogP contribution is 2.34. The van der Waals surface area contributed by atoms with Crippen LogP contribution in [-0.4, -0.2) is 29.1 Å². The van der Waals surface area contributed by atoms with Crippen molar-refractivity contribution in [3.05, 3.63) is 35.9 Å². The second kappa shape index (κ2) is 5.74. The van der Waals surface area contributed by atoms with Gasteiger partial charge in [0, 0.05) is 12.6 Å². The van der Waals surface area contributed by atoms with Crippen molar-refractivity contribution in [1.29, 1.82) is 0 Å². The van der Waals surface area contributed by atoms with Crippen LogP contribution in [0.3, 0.4) is 0 Å². The van der Waals surface area contributed by atoms with E-state index in [0.29, 0.717) is 0 Å². The van der Waals surface area contributed by atoms with Gasteiger partial charge in [-0.25, -0.2) is 0 Å². The molecule has 104 valence electrons. The van der Waals surface area contributed by atoms with E-state index in [1.807, 2.05) is 30.3 Å².